The minimum atomic E-state index is -0.632. The summed E-state index contributed by atoms with van der Waals surface area (Å²) in [5.41, 5.74) is 2.97. The summed E-state index contributed by atoms with van der Waals surface area (Å²) in [6, 6.07) is 14.8. The molecule has 0 atom stereocenters. The normalized spacial score (nSPS) is 10.6. The number of Topliss-reactive ketones (excluding diaryl/α,β-unsaturated/α-hetero) is 1. The Morgan fingerprint density at radius 1 is 1.09 bits per heavy atom. The number of alkyl halides is 1. The van der Waals surface area contributed by atoms with Crippen LogP contribution >= 0.6 is 22.6 Å². The third-order valence-electron chi connectivity index (χ3n) is 3.38. The van der Waals surface area contributed by atoms with E-state index in [1.54, 1.807) is 30.5 Å². The van der Waals surface area contributed by atoms with E-state index in [0.29, 0.717) is 11.3 Å². The number of carbonyl (C=O) groups is 2. The minimum Gasteiger partial charge on any atom is -0.360 e. The maximum Gasteiger partial charge on any atom is 0.296 e. The van der Waals surface area contributed by atoms with Crippen LogP contribution in [0.25, 0.3) is 10.9 Å². The van der Waals surface area contributed by atoms with Gasteiger partial charge in [0.15, 0.2) is 0 Å². The van der Waals surface area contributed by atoms with E-state index in [4.69, 9.17) is 0 Å². The van der Waals surface area contributed by atoms with Crippen molar-refractivity contribution in [3.05, 3.63) is 65.9 Å². The van der Waals surface area contributed by atoms with Gasteiger partial charge < -0.3 is 10.3 Å². The number of hydrogen-bond acceptors (Lipinski definition) is 2. The number of para-hydroxylation sites is 1. The molecule has 1 aromatic heterocycles. The minimum absolute atomic E-state index is 0.398. The fourth-order valence-electron chi connectivity index (χ4n) is 2.27. The Balaban J connectivity index is 1.90. The van der Waals surface area contributed by atoms with Crippen LogP contribution in [0.2, 0.25) is 0 Å². The van der Waals surface area contributed by atoms with Crippen LogP contribution in [0.5, 0.6) is 0 Å². The summed E-state index contributed by atoms with van der Waals surface area (Å²) >= 11 is 2.27. The van der Waals surface area contributed by atoms with Crippen molar-refractivity contribution >= 4 is 50.9 Å². The van der Waals surface area contributed by atoms with Crippen molar-refractivity contribution in [2.24, 2.45) is 0 Å². The average Bonchev–Trinajstić information content (AvgIpc) is 2.97. The molecule has 5 heteroatoms. The van der Waals surface area contributed by atoms with E-state index in [9.17, 15) is 9.59 Å². The first-order chi connectivity index (χ1) is 10.7. The maximum atomic E-state index is 12.4. The first-order valence-corrected chi connectivity index (χ1v) is 8.28. The summed E-state index contributed by atoms with van der Waals surface area (Å²) in [6.07, 6.45) is 1.59. The number of nitrogens with one attached hydrogen (secondary N) is 2. The van der Waals surface area contributed by atoms with Gasteiger partial charge >= 0.3 is 0 Å². The highest BCUT2D eigenvalue weighted by Gasteiger charge is 2.20. The molecule has 0 radical (unpaired) electrons. The lowest BCUT2D eigenvalue weighted by Crippen LogP contribution is -2.22. The number of hydrogen-bond donors (Lipinski definition) is 2. The van der Waals surface area contributed by atoms with Gasteiger partial charge in [-0.1, -0.05) is 46.9 Å². The molecule has 0 saturated carbocycles. The highest BCUT2D eigenvalue weighted by atomic mass is 127. The molecule has 4 nitrogen and oxygen atoms in total. The van der Waals surface area contributed by atoms with Gasteiger partial charge in [-0.25, -0.2) is 0 Å². The van der Waals surface area contributed by atoms with Crippen LogP contribution < -0.4 is 5.32 Å². The van der Waals surface area contributed by atoms with Gasteiger partial charge in [-0.2, -0.15) is 0 Å². The predicted molar refractivity (Wildman–Crippen MR) is 95.4 cm³/mol. The van der Waals surface area contributed by atoms with Crippen LogP contribution in [0.15, 0.2) is 54.7 Å². The highest BCUT2D eigenvalue weighted by Crippen LogP contribution is 2.22. The molecule has 2 N–H and O–H groups in total. The van der Waals surface area contributed by atoms with Crippen molar-refractivity contribution in [1.82, 2.24) is 4.98 Å². The summed E-state index contributed by atoms with van der Waals surface area (Å²) in [7, 11) is 0. The Morgan fingerprint density at radius 2 is 1.86 bits per heavy atom. The zero-order valence-electron chi connectivity index (χ0n) is 11.6. The molecule has 0 saturated heterocycles. The molecule has 110 valence electrons. The van der Waals surface area contributed by atoms with E-state index < -0.39 is 11.7 Å². The Morgan fingerprint density at radius 3 is 2.59 bits per heavy atom. The molecule has 1 heterocycles. The number of H-pyrrole nitrogens is 1. The molecule has 0 bridgehead atoms. The van der Waals surface area contributed by atoms with Crippen molar-refractivity contribution in [2.75, 3.05) is 5.32 Å². The van der Waals surface area contributed by atoms with E-state index in [1.807, 2.05) is 24.3 Å². The number of aromatic nitrogens is 1. The van der Waals surface area contributed by atoms with Crippen LogP contribution in [-0.4, -0.2) is 16.7 Å². The van der Waals surface area contributed by atoms with Crippen molar-refractivity contribution in [3.63, 3.8) is 0 Å². The number of benzene rings is 2. The summed E-state index contributed by atoms with van der Waals surface area (Å²) in [5, 5.41) is 3.40. The fraction of sp³-hybridized carbons (Fsp3) is 0.0588. The van der Waals surface area contributed by atoms with Crippen molar-refractivity contribution in [3.8, 4) is 0 Å². The summed E-state index contributed by atoms with van der Waals surface area (Å²) < 4.78 is 0.850. The van der Waals surface area contributed by atoms with Crippen molar-refractivity contribution < 1.29 is 9.59 Å². The van der Waals surface area contributed by atoms with E-state index in [1.165, 1.54) is 0 Å². The molecule has 0 aliphatic rings. The van der Waals surface area contributed by atoms with Crippen molar-refractivity contribution in [2.45, 2.75) is 4.43 Å². The second-order valence-electron chi connectivity index (χ2n) is 4.87. The third kappa shape index (κ3) is 2.89. The van der Waals surface area contributed by atoms with Gasteiger partial charge in [-0.3, -0.25) is 9.59 Å². The average molecular weight is 404 g/mol. The second-order valence-corrected chi connectivity index (χ2v) is 5.63. The monoisotopic (exact) mass is 404 g/mol. The molecule has 2 aromatic carbocycles. The first-order valence-electron chi connectivity index (χ1n) is 6.76. The van der Waals surface area contributed by atoms with Crippen molar-refractivity contribution in [1.29, 1.82) is 0 Å². The van der Waals surface area contributed by atoms with Crippen LogP contribution in [0.1, 0.15) is 15.9 Å². The zero-order chi connectivity index (χ0) is 15.5. The van der Waals surface area contributed by atoms with E-state index in [0.717, 1.165) is 20.9 Å². The van der Waals surface area contributed by atoms with E-state index >= 15 is 0 Å². The molecular formula is C17H13IN2O2. The molecule has 22 heavy (non-hydrogen) atoms. The smallest absolute Gasteiger partial charge is 0.296 e. The standard InChI is InChI=1S/C17H13IN2O2/c18-9-11-6-7-15-13(8-11)14(10-19-15)16(21)17(22)20-12-4-2-1-3-5-12/h1-8,10,19H,9H2,(H,20,22). The largest absolute Gasteiger partial charge is 0.360 e. The quantitative estimate of drug-likeness (QED) is 0.300. The SMILES string of the molecule is O=C(Nc1ccccc1)C(=O)c1c[nH]c2ccc(CI)cc12. The lowest BCUT2D eigenvalue weighted by atomic mass is 10.1. The van der Waals surface area contributed by atoms with E-state index in [-0.39, 0.29) is 0 Å². The number of fused-ring (bicyclic) bond motifs is 1. The third-order valence-corrected chi connectivity index (χ3v) is 4.26. The lowest BCUT2D eigenvalue weighted by molar-refractivity contribution is -0.112. The molecule has 0 fully saturated rings. The van der Waals surface area contributed by atoms with Crippen LogP contribution in [0, 0.1) is 0 Å². The Hall–Kier alpha value is -2.15. The Labute approximate surface area is 141 Å². The molecule has 0 spiro atoms. The van der Waals surface area contributed by atoms with Crippen LogP contribution in [0.3, 0.4) is 0 Å². The van der Waals surface area contributed by atoms with Gasteiger partial charge in [0.2, 0.25) is 0 Å². The molecular weight excluding hydrogens is 391 g/mol. The summed E-state index contributed by atoms with van der Waals surface area (Å²) in [5.74, 6) is -1.17. The van der Waals surface area contributed by atoms with Gasteiger partial charge in [0.1, 0.15) is 0 Å². The number of rotatable bonds is 4. The van der Waals surface area contributed by atoms with Gasteiger partial charge in [-0.05, 0) is 29.8 Å². The zero-order valence-corrected chi connectivity index (χ0v) is 13.8. The Kier molecular flexibility index (Phi) is 4.24. The number of ketones is 1. The molecule has 3 aromatic rings. The topological polar surface area (TPSA) is 62.0 Å². The maximum absolute atomic E-state index is 12.4. The molecule has 0 aliphatic carbocycles. The Bertz CT molecular complexity index is 840. The predicted octanol–water partition coefficient (Wildman–Crippen LogP) is 3.92. The second kappa shape index (κ2) is 6.31. The highest BCUT2D eigenvalue weighted by molar-refractivity contribution is 14.1. The van der Waals surface area contributed by atoms with Gasteiger partial charge in [0, 0.05) is 27.2 Å². The van der Waals surface area contributed by atoms with Gasteiger partial charge in [0.05, 0.1) is 5.56 Å². The molecule has 3 rings (SSSR count). The summed E-state index contributed by atoms with van der Waals surface area (Å²) in [4.78, 5) is 27.6. The van der Waals surface area contributed by atoms with Gasteiger partial charge in [0.25, 0.3) is 11.7 Å². The fourth-order valence-corrected chi connectivity index (χ4v) is 2.74. The number of anilines is 1. The molecule has 0 aliphatic heterocycles. The number of aromatic amines is 1. The number of halogens is 1. The lowest BCUT2D eigenvalue weighted by Gasteiger charge is -2.04. The van der Waals surface area contributed by atoms with Gasteiger partial charge in [-0.15, -0.1) is 0 Å². The summed E-state index contributed by atoms with van der Waals surface area (Å²) in [6.45, 7) is 0. The van der Waals surface area contributed by atoms with Crippen LogP contribution in [0.4, 0.5) is 5.69 Å². The first kappa shape index (κ1) is 14.8. The molecule has 0 unspecified atom stereocenters. The molecule has 1 amide bonds. The number of amides is 1. The van der Waals surface area contributed by atoms with E-state index in [2.05, 4.69) is 32.9 Å². The van der Waals surface area contributed by atoms with Crippen LogP contribution in [-0.2, 0) is 9.22 Å². The number of carbonyl (C=O) groups excluding carboxylic acids is 2.